The molecule has 0 saturated carbocycles. The summed E-state index contributed by atoms with van der Waals surface area (Å²) in [6.45, 7) is 7.77. The number of quaternary nitrogens is 1. The zero-order valence-electron chi connectivity index (χ0n) is 35.7. The number of nitrogens with two attached hydrogens (primary N) is 2. The van der Waals surface area contributed by atoms with Gasteiger partial charge in [0, 0.05) is 38.8 Å². The maximum absolute atomic E-state index is 14.1. The summed E-state index contributed by atoms with van der Waals surface area (Å²) in [5, 5.41) is 7.92. The van der Waals surface area contributed by atoms with Gasteiger partial charge in [0.05, 0.1) is 24.9 Å². The zero-order chi connectivity index (χ0) is 39.6. The number of hydrogen-bond acceptors (Lipinski definition) is 9. The molecule has 4 fully saturated rings. The minimum absolute atomic E-state index is 0.000195. The Morgan fingerprint density at radius 1 is 0.821 bits per heavy atom. The van der Waals surface area contributed by atoms with Crippen LogP contribution in [0.25, 0.3) is 0 Å². The van der Waals surface area contributed by atoms with Crippen molar-refractivity contribution in [2.24, 2.45) is 17.4 Å². The number of ether oxygens (including phenoxy) is 3. The summed E-state index contributed by atoms with van der Waals surface area (Å²) < 4.78 is 19.8. The second kappa shape index (κ2) is 23.9. The molecule has 9 unspecified atom stereocenters. The average molecular weight is 788 g/mol. The van der Waals surface area contributed by atoms with E-state index < -0.39 is 5.72 Å². The molecule has 0 aromatic carbocycles. The van der Waals surface area contributed by atoms with E-state index in [1.165, 1.54) is 62.7 Å². The van der Waals surface area contributed by atoms with Gasteiger partial charge in [-0.3, -0.25) is 9.59 Å². The van der Waals surface area contributed by atoms with Crippen LogP contribution in [-0.2, 0) is 23.8 Å². The minimum Gasteiger partial charge on any atom is -0.465 e. The predicted octanol–water partition coefficient (Wildman–Crippen LogP) is 5.95. The molecule has 11 heteroatoms. The molecule has 56 heavy (non-hydrogen) atoms. The van der Waals surface area contributed by atoms with E-state index in [2.05, 4.69) is 36.6 Å². The Morgan fingerprint density at radius 2 is 1.50 bits per heavy atom. The Hall–Kier alpha value is -1.60. The van der Waals surface area contributed by atoms with Crippen LogP contribution >= 0.6 is 0 Å². The molecule has 0 aliphatic carbocycles. The van der Waals surface area contributed by atoms with Gasteiger partial charge in [-0.1, -0.05) is 89.7 Å². The number of rotatable bonds is 25. The molecule has 5 aliphatic heterocycles. The topological polar surface area (TPSA) is 146 Å². The van der Waals surface area contributed by atoms with Crippen LogP contribution in [0.15, 0.2) is 12.2 Å². The highest BCUT2D eigenvalue weighted by atomic mass is 16.6. The van der Waals surface area contributed by atoms with Crippen molar-refractivity contribution in [1.29, 1.82) is 0 Å². The number of nitrogens with one attached hydrogen (secondary N) is 3. The lowest BCUT2D eigenvalue weighted by atomic mass is 9.79. The van der Waals surface area contributed by atoms with Crippen LogP contribution in [0.5, 0.6) is 0 Å². The van der Waals surface area contributed by atoms with E-state index in [1.807, 2.05) is 4.90 Å². The van der Waals surface area contributed by atoms with Crippen molar-refractivity contribution in [3.05, 3.63) is 12.2 Å². The van der Waals surface area contributed by atoms with Crippen molar-refractivity contribution in [3.63, 3.8) is 0 Å². The summed E-state index contributed by atoms with van der Waals surface area (Å²) in [5.74, 6) is -0.0632. The average Bonchev–Trinajstić information content (AvgIpc) is 3.49. The first-order chi connectivity index (χ1) is 27.3. The Bertz CT molecular complexity index is 1190. The monoisotopic (exact) mass is 788 g/mol. The molecule has 4 saturated heterocycles. The molecule has 11 nitrogen and oxygen atoms in total. The van der Waals surface area contributed by atoms with E-state index >= 15 is 0 Å². The van der Waals surface area contributed by atoms with Crippen LogP contribution in [-0.4, -0.2) is 91.6 Å². The molecule has 2 spiro atoms. The van der Waals surface area contributed by atoms with Crippen molar-refractivity contribution in [2.45, 2.75) is 223 Å². The molecule has 5 heterocycles. The van der Waals surface area contributed by atoms with E-state index in [0.717, 1.165) is 116 Å². The molecule has 0 aromatic rings. The predicted molar refractivity (Wildman–Crippen MR) is 223 cm³/mol. The summed E-state index contributed by atoms with van der Waals surface area (Å²) in [6.07, 6.45) is 32.9. The third-order valence-electron chi connectivity index (χ3n) is 13.7. The van der Waals surface area contributed by atoms with Gasteiger partial charge >= 0.3 is 5.97 Å². The van der Waals surface area contributed by atoms with Crippen molar-refractivity contribution in [3.8, 4) is 0 Å². The molecular formula is C45H83N6O5+. The fourth-order valence-corrected chi connectivity index (χ4v) is 10.7. The molecule has 0 bridgehead atoms. The Kier molecular flexibility index (Phi) is 19.4. The van der Waals surface area contributed by atoms with Crippen molar-refractivity contribution in [1.82, 2.24) is 15.5 Å². The number of allylic oxidation sites excluding steroid dienone is 1. The van der Waals surface area contributed by atoms with Gasteiger partial charge in [0.15, 0.2) is 5.92 Å². The van der Waals surface area contributed by atoms with E-state index in [9.17, 15) is 9.59 Å². The third-order valence-corrected chi connectivity index (χ3v) is 13.7. The number of unbranched alkanes of at least 4 members (excludes halogenated alkanes) is 13. The first kappa shape index (κ1) is 45.5. The van der Waals surface area contributed by atoms with Crippen LogP contribution in [0.1, 0.15) is 181 Å². The van der Waals surface area contributed by atoms with Gasteiger partial charge in [0.2, 0.25) is 12.2 Å². The Balaban J connectivity index is 0.933. The number of carbonyl (C=O) groups is 2. The molecule has 5 aliphatic rings. The quantitative estimate of drug-likeness (QED) is 0.0431. The molecular weight excluding hydrogens is 705 g/mol. The number of hydrogen-bond donors (Lipinski definition) is 5. The van der Waals surface area contributed by atoms with Crippen LogP contribution in [0, 0.1) is 5.92 Å². The summed E-state index contributed by atoms with van der Waals surface area (Å²) in [4.78, 5) is 30.2. The van der Waals surface area contributed by atoms with Crippen molar-refractivity contribution >= 4 is 11.9 Å². The third kappa shape index (κ3) is 12.9. The zero-order valence-corrected chi connectivity index (χ0v) is 35.7. The van der Waals surface area contributed by atoms with Crippen molar-refractivity contribution in [2.75, 3.05) is 32.8 Å². The molecule has 0 radical (unpaired) electrons. The molecule has 7 N–H and O–H groups in total. The second-order valence-electron chi connectivity index (χ2n) is 18.1. The summed E-state index contributed by atoms with van der Waals surface area (Å²) in [7, 11) is 0. The molecule has 322 valence electrons. The highest BCUT2D eigenvalue weighted by Gasteiger charge is 2.66. The minimum atomic E-state index is -0.696. The summed E-state index contributed by atoms with van der Waals surface area (Å²) in [5.41, 5.74) is 10.3. The summed E-state index contributed by atoms with van der Waals surface area (Å²) >= 11 is 0. The van der Waals surface area contributed by atoms with Crippen LogP contribution in [0.4, 0.5) is 0 Å². The lowest BCUT2D eigenvalue weighted by Gasteiger charge is -2.58. The first-order valence-corrected chi connectivity index (χ1v) is 23.6. The van der Waals surface area contributed by atoms with E-state index in [1.54, 1.807) is 0 Å². The van der Waals surface area contributed by atoms with Gasteiger partial charge in [-0.25, -0.2) is 10.6 Å². The Labute approximate surface area is 340 Å². The smallest absolute Gasteiger partial charge is 0.319 e. The van der Waals surface area contributed by atoms with E-state index in [0.29, 0.717) is 32.2 Å². The first-order valence-electron chi connectivity index (χ1n) is 23.6. The fourth-order valence-electron chi connectivity index (χ4n) is 10.7. The second-order valence-corrected chi connectivity index (χ2v) is 18.1. The maximum atomic E-state index is 14.1. The van der Waals surface area contributed by atoms with Gasteiger partial charge in [-0.05, 0) is 90.6 Å². The largest absolute Gasteiger partial charge is 0.465 e. The molecule has 0 aromatic heterocycles. The maximum Gasteiger partial charge on any atom is 0.319 e. The standard InChI is InChI=1S/C45H82N6O5/c1-3-38-24-16-17-28-44(56-38)35-37-26-27-39-41(45(29-21-23-36(2)55-45)49-43(48-44)51(37)39)42(53)54-34-20-14-12-10-8-6-4-5-7-9-11-13-15-25-40(52)50(33-22-31-47)32-19-18-30-46/h16,24,36-39,41,43,48-49H,3-15,17-23,25-35,46-47H2,1-2H3/p+1. The SMILES string of the molecule is CCC1C=CCCC2(CC3CCC4C(C(=O)OCCCCCCCCCCCCCCCC(=O)N(CCCN)CCCCN)C5(CCCC(C)O5)NC(N2)[NH+]34)O1. The highest BCUT2D eigenvalue weighted by Crippen LogP contribution is 2.42. The van der Waals surface area contributed by atoms with Gasteiger partial charge in [-0.2, -0.15) is 0 Å². The normalized spacial score (nSPS) is 32.4. The van der Waals surface area contributed by atoms with Gasteiger partial charge < -0.3 is 35.5 Å². The van der Waals surface area contributed by atoms with E-state index in [4.69, 9.17) is 25.7 Å². The highest BCUT2D eigenvalue weighted by molar-refractivity contribution is 5.76. The van der Waals surface area contributed by atoms with Gasteiger partial charge in [0.25, 0.3) is 0 Å². The number of amides is 1. The number of nitrogens with zero attached hydrogens (tertiary/aromatic N) is 1. The van der Waals surface area contributed by atoms with E-state index in [-0.39, 0.29) is 48.1 Å². The molecule has 5 rings (SSSR count). The van der Waals surface area contributed by atoms with Gasteiger partial charge in [-0.15, -0.1) is 0 Å². The fraction of sp³-hybridized carbons (Fsp3) is 0.911. The lowest BCUT2D eigenvalue weighted by molar-refractivity contribution is -0.985. The van der Waals surface area contributed by atoms with Crippen LogP contribution in [0.3, 0.4) is 0 Å². The van der Waals surface area contributed by atoms with Crippen LogP contribution < -0.4 is 27.0 Å². The summed E-state index contributed by atoms with van der Waals surface area (Å²) in [6, 6.07) is 0.646. The lowest BCUT2D eigenvalue weighted by Crippen LogP contribution is -3.29. The molecule has 1 amide bonds. The number of esters is 1. The van der Waals surface area contributed by atoms with Crippen molar-refractivity contribution < 1.29 is 28.7 Å². The number of carbonyl (C=O) groups excluding carboxylic acids is 2. The van der Waals surface area contributed by atoms with Gasteiger partial charge in [0.1, 0.15) is 17.5 Å². The van der Waals surface area contributed by atoms with Crippen LogP contribution in [0.2, 0.25) is 0 Å². The molecule has 9 atom stereocenters. The Morgan fingerprint density at radius 3 is 2.18 bits per heavy atom.